The van der Waals surface area contributed by atoms with Crippen LogP contribution in [-0.4, -0.2) is 5.78 Å². The van der Waals surface area contributed by atoms with E-state index in [-0.39, 0.29) is 10.6 Å². The fourth-order valence-electron chi connectivity index (χ4n) is 1.51. The molecule has 0 aromatic heterocycles. The third kappa shape index (κ3) is 2.44. The highest BCUT2D eigenvalue weighted by atomic mass is 79.9. The average Bonchev–Trinajstić information content (AvgIpc) is 2.16. The number of ketones is 1. The van der Waals surface area contributed by atoms with Crippen molar-refractivity contribution in [1.29, 1.82) is 0 Å². The van der Waals surface area contributed by atoms with Crippen LogP contribution in [0, 0.1) is 6.92 Å². The zero-order chi connectivity index (χ0) is 10.7. The predicted molar refractivity (Wildman–Crippen MR) is 62.9 cm³/mol. The number of aryl methyl sites for hydroxylation is 2. The second-order valence-corrected chi connectivity index (χ2v) is 4.43. The van der Waals surface area contributed by atoms with Crippen molar-refractivity contribution >= 4 is 21.7 Å². The molecule has 0 saturated heterocycles. The summed E-state index contributed by atoms with van der Waals surface area (Å²) < 4.78 is 0. The van der Waals surface area contributed by atoms with Crippen LogP contribution in [0.3, 0.4) is 0 Å². The number of carbonyl (C=O) groups excluding carboxylic acids is 1. The van der Waals surface area contributed by atoms with Crippen LogP contribution in [0.1, 0.15) is 35.4 Å². The molecule has 0 bridgehead atoms. The first-order chi connectivity index (χ1) is 6.56. The maximum Gasteiger partial charge on any atom is 0.147 e. The van der Waals surface area contributed by atoms with E-state index < -0.39 is 0 Å². The molecule has 1 aromatic carbocycles. The molecule has 1 unspecified atom stereocenters. The Balaban J connectivity index is 3.02. The number of carbonyl (C=O) groups is 1. The molecule has 0 heterocycles. The topological polar surface area (TPSA) is 17.1 Å². The van der Waals surface area contributed by atoms with Crippen LogP contribution in [0.25, 0.3) is 0 Å². The molecule has 14 heavy (non-hydrogen) atoms. The third-order valence-electron chi connectivity index (χ3n) is 2.40. The molecule has 0 aliphatic carbocycles. The van der Waals surface area contributed by atoms with Gasteiger partial charge in [0, 0.05) is 0 Å². The molecule has 0 fully saturated rings. The normalized spacial score (nSPS) is 12.6. The Bertz CT molecular complexity index is 344. The molecule has 0 aliphatic heterocycles. The number of benzene rings is 1. The van der Waals surface area contributed by atoms with Gasteiger partial charge in [-0.25, -0.2) is 0 Å². The van der Waals surface area contributed by atoms with E-state index in [4.69, 9.17) is 0 Å². The summed E-state index contributed by atoms with van der Waals surface area (Å²) in [4.78, 5) is 11.0. The Labute approximate surface area is 93.7 Å². The summed E-state index contributed by atoms with van der Waals surface area (Å²) in [6.45, 7) is 5.82. The number of Topliss-reactive ketones (excluding diaryl/α,β-unsaturated/α-hetero) is 1. The molecule has 0 spiro atoms. The summed E-state index contributed by atoms with van der Waals surface area (Å²) in [5, 5.41) is 0. The number of hydrogen-bond acceptors (Lipinski definition) is 1. The van der Waals surface area contributed by atoms with Crippen LogP contribution < -0.4 is 0 Å². The smallest absolute Gasteiger partial charge is 0.147 e. The first-order valence-corrected chi connectivity index (χ1v) is 5.71. The highest BCUT2D eigenvalue weighted by molar-refractivity contribution is 9.09. The maximum atomic E-state index is 11.2. The molecular formula is C12H15BrO. The van der Waals surface area contributed by atoms with Gasteiger partial charge < -0.3 is 0 Å². The fourth-order valence-corrected chi connectivity index (χ4v) is 1.79. The van der Waals surface area contributed by atoms with Crippen LogP contribution in [-0.2, 0) is 11.2 Å². The van der Waals surface area contributed by atoms with Crippen LogP contribution in [0.5, 0.6) is 0 Å². The molecule has 0 saturated carbocycles. The summed E-state index contributed by atoms with van der Waals surface area (Å²) in [5.74, 6) is 0.147. The quantitative estimate of drug-likeness (QED) is 0.754. The van der Waals surface area contributed by atoms with Crippen molar-refractivity contribution in [2.45, 2.75) is 32.0 Å². The fraction of sp³-hybridized carbons (Fsp3) is 0.417. The van der Waals surface area contributed by atoms with Gasteiger partial charge in [-0.2, -0.15) is 0 Å². The first-order valence-electron chi connectivity index (χ1n) is 4.80. The van der Waals surface area contributed by atoms with Gasteiger partial charge in [0.2, 0.25) is 0 Å². The minimum Gasteiger partial charge on any atom is -0.298 e. The van der Waals surface area contributed by atoms with Crippen molar-refractivity contribution in [3.05, 3.63) is 34.9 Å². The summed E-state index contributed by atoms with van der Waals surface area (Å²) in [5.41, 5.74) is 3.65. The number of hydrogen-bond donors (Lipinski definition) is 0. The second kappa shape index (κ2) is 4.74. The van der Waals surface area contributed by atoms with Crippen molar-refractivity contribution in [3.63, 3.8) is 0 Å². The first kappa shape index (κ1) is 11.4. The van der Waals surface area contributed by atoms with Crippen molar-refractivity contribution in [3.8, 4) is 0 Å². The van der Waals surface area contributed by atoms with E-state index in [0.717, 1.165) is 12.0 Å². The molecule has 2 heteroatoms. The minimum atomic E-state index is -0.160. The van der Waals surface area contributed by atoms with Gasteiger partial charge in [-0.1, -0.05) is 41.1 Å². The van der Waals surface area contributed by atoms with Gasteiger partial charge in [0.1, 0.15) is 5.78 Å². The van der Waals surface area contributed by atoms with Gasteiger partial charge in [-0.15, -0.1) is 0 Å². The number of rotatable bonds is 3. The van der Waals surface area contributed by atoms with Crippen molar-refractivity contribution < 1.29 is 4.79 Å². The van der Waals surface area contributed by atoms with E-state index in [1.807, 2.05) is 6.07 Å². The van der Waals surface area contributed by atoms with E-state index in [0.29, 0.717) is 0 Å². The van der Waals surface area contributed by atoms with E-state index >= 15 is 0 Å². The molecule has 1 atom stereocenters. The lowest BCUT2D eigenvalue weighted by atomic mass is 10.0. The highest BCUT2D eigenvalue weighted by Crippen LogP contribution is 2.25. The zero-order valence-corrected chi connectivity index (χ0v) is 10.4. The van der Waals surface area contributed by atoms with Crippen molar-refractivity contribution in [1.82, 2.24) is 0 Å². The average molecular weight is 255 g/mol. The van der Waals surface area contributed by atoms with Gasteiger partial charge in [0.05, 0.1) is 4.83 Å². The molecule has 1 aromatic rings. The predicted octanol–water partition coefficient (Wildman–Crippen LogP) is 3.58. The summed E-state index contributed by atoms with van der Waals surface area (Å²) in [6, 6.07) is 6.20. The Morgan fingerprint density at radius 3 is 2.57 bits per heavy atom. The van der Waals surface area contributed by atoms with E-state index in [1.165, 1.54) is 11.1 Å². The molecule has 1 nitrogen and oxygen atoms in total. The SMILES string of the molecule is CCc1ccc(C(Br)C(C)=O)cc1C. The van der Waals surface area contributed by atoms with Gasteiger partial charge in [0.25, 0.3) is 0 Å². The van der Waals surface area contributed by atoms with Crippen molar-refractivity contribution in [2.75, 3.05) is 0 Å². The van der Waals surface area contributed by atoms with Gasteiger partial charge in [0.15, 0.2) is 0 Å². The lowest BCUT2D eigenvalue weighted by molar-refractivity contribution is -0.116. The highest BCUT2D eigenvalue weighted by Gasteiger charge is 2.12. The summed E-state index contributed by atoms with van der Waals surface area (Å²) in [7, 11) is 0. The van der Waals surface area contributed by atoms with Crippen LogP contribution in [0.2, 0.25) is 0 Å². The largest absolute Gasteiger partial charge is 0.298 e. The van der Waals surface area contributed by atoms with E-state index in [1.54, 1.807) is 6.92 Å². The number of alkyl halides is 1. The maximum absolute atomic E-state index is 11.2. The number of halogens is 1. The Morgan fingerprint density at radius 2 is 2.14 bits per heavy atom. The Morgan fingerprint density at radius 1 is 1.50 bits per heavy atom. The lowest BCUT2D eigenvalue weighted by Gasteiger charge is -2.09. The molecule has 0 radical (unpaired) electrons. The monoisotopic (exact) mass is 254 g/mol. The van der Waals surface area contributed by atoms with Gasteiger partial charge >= 0.3 is 0 Å². The molecule has 0 amide bonds. The Hall–Kier alpha value is -0.630. The Kier molecular flexibility index (Phi) is 3.87. The van der Waals surface area contributed by atoms with E-state index in [9.17, 15) is 4.79 Å². The van der Waals surface area contributed by atoms with Gasteiger partial charge in [-0.05, 0) is 37.0 Å². The molecular weight excluding hydrogens is 240 g/mol. The van der Waals surface area contributed by atoms with Crippen LogP contribution in [0.15, 0.2) is 18.2 Å². The standard InChI is InChI=1S/C12H15BrO/c1-4-10-5-6-11(7-8(10)2)12(13)9(3)14/h5-7,12H,4H2,1-3H3. The minimum absolute atomic E-state index is 0.147. The second-order valence-electron chi connectivity index (χ2n) is 3.51. The van der Waals surface area contributed by atoms with Crippen LogP contribution >= 0.6 is 15.9 Å². The lowest BCUT2D eigenvalue weighted by Crippen LogP contribution is -2.01. The van der Waals surface area contributed by atoms with Crippen molar-refractivity contribution in [2.24, 2.45) is 0 Å². The summed E-state index contributed by atoms with van der Waals surface area (Å²) >= 11 is 3.38. The van der Waals surface area contributed by atoms with E-state index in [2.05, 4.69) is 41.9 Å². The molecule has 76 valence electrons. The third-order valence-corrected chi connectivity index (χ3v) is 3.57. The molecule has 0 aliphatic rings. The summed E-state index contributed by atoms with van der Waals surface area (Å²) in [6.07, 6.45) is 1.04. The molecule has 1 rings (SSSR count). The molecule has 0 N–H and O–H groups in total. The van der Waals surface area contributed by atoms with Gasteiger partial charge in [-0.3, -0.25) is 4.79 Å². The van der Waals surface area contributed by atoms with Crippen LogP contribution in [0.4, 0.5) is 0 Å². The zero-order valence-electron chi connectivity index (χ0n) is 8.80.